The summed E-state index contributed by atoms with van der Waals surface area (Å²) in [4.78, 5) is 22.6. The molecular weight excluding hydrogens is 345 g/mol. The molecule has 0 aromatic heterocycles. The maximum Gasteiger partial charge on any atom is 0.326 e. The molecule has 0 saturated carbocycles. The van der Waals surface area contributed by atoms with E-state index < -0.39 is 30.3 Å². The van der Waals surface area contributed by atoms with E-state index in [4.69, 9.17) is 9.84 Å². The second kappa shape index (κ2) is 8.61. The highest BCUT2D eigenvalue weighted by Gasteiger charge is 2.19. The van der Waals surface area contributed by atoms with Crippen LogP contribution < -0.4 is 10.1 Å². The second-order valence-corrected chi connectivity index (χ2v) is 5.38. The molecule has 116 valence electrons. The van der Waals surface area contributed by atoms with Crippen LogP contribution in [-0.2, 0) is 9.59 Å². The van der Waals surface area contributed by atoms with Crippen molar-refractivity contribution < 1.29 is 23.8 Å². The van der Waals surface area contributed by atoms with Crippen molar-refractivity contribution in [2.45, 2.75) is 32.2 Å². The van der Waals surface area contributed by atoms with E-state index in [1.807, 2.05) is 6.92 Å². The van der Waals surface area contributed by atoms with Gasteiger partial charge in [-0.1, -0.05) is 35.7 Å². The molecule has 0 fully saturated rings. The van der Waals surface area contributed by atoms with Crippen LogP contribution in [0.15, 0.2) is 22.7 Å². The molecule has 1 rings (SSSR count). The fourth-order valence-electron chi connectivity index (χ4n) is 1.64. The molecule has 2 N–H and O–H groups in total. The number of aliphatic carboxylic acids is 1. The number of rotatable bonds is 8. The zero-order chi connectivity index (χ0) is 15.8. The first-order valence-electron chi connectivity index (χ1n) is 6.54. The maximum absolute atomic E-state index is 13.5. The van der Waals surface area contributed by atoms with Gasteiger partial charge in [0, 0.05) is 4.47 Å². The fraction of sp³-hybridized carbons (Fsp3) is 0.429. The minimum absolute atomic E-state index is 0.0613. The van der Waals surface area contributed by atoms with Gasteiger partial charge in [-0.15, -0.1) is 0 Å². The highest BCUT2D eigenvalue weighted by Crippen LogP contribution is 2.21. The molecule has 0 radical (unpaired) electrons. The lowest BCUT2D eigenvalue weighted by Gasteiger charge is -2.14. The smallest absolute Gasteiger partial charge is 0.326 e. The first kappa shape index (κ1) is 17.4. The zero-order valence-corrected chi connectivity index (χ0v) is 13.2. The molecule has 21 heavy (non-hydrogen) atoms. The number of unbranched alkanes of at least 4 members (excludes halogenated alkanes) is 1. The van der Waals surface area contributed by atoms with Gasteiger partial charge in [0.1, 0.15) is 6.04 Å². The molecule has 1 aromatic rings. The number of carboxylic acid groups (broad SMARTS) is 1. The Balaban J connectivity index is 2.50. The summed E-state index contributed by atoms with van der Waals surface area (Å²) < 4.78 is 19.1. The molecular formula is C14H17BrFNO4. The molecule has 0 spiro atoms. The molecule has 5 nitrogen and oxygen atoms in total. The number of carbonyl (C=O) groups is 2. The number of carbonyl (C=O) groups excluding carboxylic acids is 1. The third-order valence-corrected chi connectivity index (χ3v) is 3.23. The van der Waals surface area contributed by atoms with Crippen molar-refractivity contribution in [3.63, 3.8) is 0 Å². The van der Waals surface area contributed by atoms with Crippen LogP contribution in [0.4, 0.5) is 4.39 Å². The number of hydrogen-bond acceptors (Lipinski definition) is 3. The maximum atomic E-state index is 13.5. The van der Waals surface area contributed by atoms with Crippen LogP contribution in [0.2, 0.25) is 0 Å². The number of hydrogen-bond donors (Lipinski definition) is 2. The van der Waals surface area contributed by atoms with Gasteiger partial charge in [-0.25, -0.2) is 9.18 Å². The molecule has 0 aliphatic rings. The molecule has 1 atom stereocenters. The van der Waals surface area contributed by atoms with Gasteiger partial charge in [0.2, 0.25) is 0 Å². The Morgan fingerprint density at radius 2 is 2.19 bits per heavy atom. The summed E-state index contributed by atoms with van der Waals surface area (Å²) in [5.41, 5.74) is 0. The molecule has 0 saturated heterocycles. The van der Waals surface area contributed by atoms with Crippen LogP contribution in [0.5, 0.6) is 5.75 Å². The zero-order valence-electron chi connectivity index (χ0n) is 11.6. The monoisotopic (exact) mass is 361 g/mol. The predicted molar refractivity (Wildman–Crippen MR) is 78.7 cm³/mol. The molecule has 1 amide bonds. The van der Waals surface area contributed by atoms with E-state index in [1.165, 1.54) is 12.1 Å². The highest BCUT2D eigenvalue weighted by molar-refractivity contribution is 9.10. The Hall–Kier alpha value is -1.63. The van der Waals surface area contributed by atoms with Gasteiger partial charge >= 0.3 is 5.97 Å². The lowest BCUT2D eigenvalue weighted by Crippen LogP contribution is -2.42. The number of nitrogens with one attached hydrogen (secondary N) is 1. The number of benzene rings is 1. The minimum Gasteiger partial charge on any atom is -0.481 e. The van der Waals surface area contributed by atoms with Crippen LogP contribution in [0.3, 0.4) is 0 Å². The second-order valence-electron chi connectivity index (χ2n) is 4.46. The van der Waals surface area contributed by atoms with E-state index in [9.17, 15) is 14.0 Å². The van der Waals surface area contributed by atoms with Gasteiger partial charge in [-0.3, -0.25) is 4.79 Å². The fourth-order valence-corrected chi connectivity index (χ4v) is 1.97. The van der Waals surface area contributed by atoms with Gasteiger partial charge in [-0.2, -0.15) is 0 Å². The van der Waals surface area contributed by atoms with Gasteiger partial charge in [-0.05, 0) is 24.6 Å². The summed E-state index contributed by atoms with van der Waals surface area (Å²) in [5.74, 6) is -2.35. The first-order valence-corrected chi connectivity index (χ1v) is 7.33. The SMILES string of the molecule is CCCC[C@H](NC(=O)COc1ccc(Br)cc1F)C(=O)O. The van der Waals surface area contributed by atoms with Crippen molar-refractivity contribution in [1.29, 1.82) is 0 Å². The van der Waals surface area contributed by atoms with E-state index in [2.05, 4.69) is 21.2 Å². The van der Waals surface area contributed by atoms with Crippen LogP contribution in [-0.4, -0.2) is 29.6 Å². The highest BCUT2D eigenvalue weighted by atomic mass is 79.9. The molecule has 0 aliphatic heterocycles. The third kappa shape index (κ3) is 6.12. The lowest BCUT2D eigenvalue weighted by molar-refractivity contribution is -0.142. The van der Waals surface area contributed by atoms with Gasteiger partial charge in [0.05, 0.1) is 0 Å². The average molecular weight is 362 g/mol. The lowest BCUT2D eigenvalue weighted by atomic mass is 10.1. The molecule has 0 unspecified atom stereocenters. The van der Waals surface area contributed by atoms with Crippen molar-refractivity contribution in [3.8, 4) is 5.75 Å². The van der Waals surface area contributed by atoms with Crippen molar-refractivity contribution in [2.75, 3.05) is 6.61 Å². The van der Waals surface area contributed by atoms with Crippen LogP contribution in [0.25, 0.3) is 0 Å². The topological polar surface area (TPSA) is 75.6 Å². The van der Waals surface area contributed by atoms with E-state index in [-0.39, 0.29) is 5.75 Å². The normalized spacial score (nSPS) is 11.8. The first-order chi connectivity index (χ1) is 9.93. The van der Waals surface area contributed by atoms with Crippen LogP contribution in [0, 0.1) is 5.82 Å². The van der Waals surface area contributed by atoms with Crippen LogP contribution in [0.1, 0.15) is 26.2 Å². The van der Waals surface area contributed by atoms with Gasteiger partial charge in [0.15, 0.2) is 18.2 Å². The summed E-state index contributed by atoms with van der Waals surface area (Å²) in [6, 6.07) is 3.24. The Labute approximate surface area is 130 Å². The number of ether oxygens (including phenoxy) is 1. The summed E-state index contributed by atoms with van der Waals surface area (Å²) in [7, 11) is 0. The Kier molecular flexibility index (Phi) is 7.14. The van der Waals surface area contributed by atoms with Crippen molar-refractivity contribution >= 4 is 27.8 Å². The standard InChI is InChI=1S/C14H17BrFNO4/c1-2-3-4-11(14(19)20)17-13(18)8-21-12-6-5-9(15)7-10(12)16/h5-7,11H,2-4,8H2,1H3,(H,17,18)(H,19,20)/t11-/m0/s1. The van der Waals surface area contributed by atoms with E-state index >= 15 is 0 Å². The molecule has 7 heteroatoms. The Morgan fingerprint density at radius 1 is 1.48 bits per heavy atom. The summed E-state index contributed by atoms with van der Waals surface area (Å²) in [5, 5.41) is 11.3. The molecule has 0 heterocycles. The number of halogens is 2. The molecule has 0 aliphatic carbocycles. The van der Waals surface area contributed by atoms with Crippen molar-refractivity contribution in [3.05, 3.63) is 28.5 Å². The van der Waals surface area contributed by atoms with E-state index in [1.54, 1.807) is 6.07 Å². The van der Waals surface area contributed by atoms with Crippen molar-refractivity contribution in [1.82, 2.24) is 5.32 Å². The van der Waals surface area contributed by atoms with Gasteiger partial charge in [0.25, 0.3) is 5.91 Å². The van der Waals surface area contributed by atoms with Crippen molar-refractivity contribution in [2.24, 2.45) is 0 Å². The predicted octanol–water partition coefficient (Wildman–Crippen LogP) is 2.73. The van der Waals surface area contributed by atoms with E-state index in [0.29, 0.717) is 17.3 Å². The largest absolute Gasteiger partial charge is 0.481 e. The van der Waals surface area contributed by atoms with Gasteiger partial charge < -0.3 is 15.2 Å². The molecule has 0 bridgehead atoms. The summed E-state index contributed by atoms with van der Waals surface area (Å²) in [6.45, 7) is 1.49. The van der Waals surface area contributed by atoms with E-state index in [0.717, 1.165) is 6.42 Å². The van der Waals surface area contributed by atoms with Crippen LogP contribution >= 0.6 is 15.9 Å². The minimum atomic E-state index is -1.09. The average Bonchev–Trinajstić information content (AvgIpc) is 2.42. The number of amides is 1. The third-order valence-electron chi connectivity index (χ3n) is 2.73. The quantitative estimate of drug-likeness (QED) is 0.746. The Morgan fingerprint density at radius 3 is 2.76 bits per heavy atom. The molecule has 1 aromatic carbocycles. The summed E-state index contributed by atoms with van der Waals surface area (Å²) in [6.07, 6.45) is 1.88. The number of carboxylic acids is 1. The summed E-state index contributed by atoms with van der Waals surface area (Å²) >= 11 is 3.11. The Bertz CT molecular complexity index is 510.